The third-order valence-electron chi connectivity index (χ3n) is 1.95. The summed E-state index contributed by atoms with van der Waals surface area (Å²) in [6, 6.07) is -0.625. The van der Waals surface area contributed by atoms with Gasteiger partial charge in [0.1, 0.15) is 0 Å². The molecule has 1 saturated heterocycles. The van der Waals surface area contributed by atoms with E-state index in [0.29, 0.717) is 0 Å². The van der Waals surface area contributed by atoms with Gasteiger partial charge in [-0.05, 0) is 0 Å². The molecule has 7 heteroatoms. The van der Waals surface area contributed by atoms with Crippen molar-refractivity contribution in [2.24, 2.45) is 0 Å². The van der Waals surface area contributed by atoms with E-state index in [1.54, 1.807) is 0 Å². The number of aliphatic hydroxyl groups is 1. The third-order valence-corrected chi connectivity index (χ3v) is 1.95. The molecule has 0 aromatic rings. The molecule has 1 rings (SSSR count). The van der Waals surface area contributed by atoms with E-state index in [1.165, 1.54) is 0 Å². The Labute approximate surface area is 78.7 Å². The molecule has 0 aromatic heterocycles. The first kappa shape index (κ1) is 11.3. The summed E-state index contributed by atoms with van der Waals surface area (Å²) in [7, 11) is 0. The van der Waals surface area contributed by atoms with Crippen LogP contribution in [-0.4, -0.2) is 54.0 Å². The Hall–Kier alpha value is -0.790. The second-order valence-corrected chi connectivity index (χ2v) is 3.10. The quantitative estimate of drug-likeness (QED) is 0.559. The van der Waals surface area contributed by atoms with Crippen LogP contribution in [0.4, 0.5) is 8.78 Å². The smallest absolute Gasteiger partial charge is 0.375 e. The highest BCUT2D eigenvalue weighted by molar-refractivity contribution is 5.75. The largest absolute Gasteiger partial charge is 0.477 e. The fourth-order valence-electron chi connectivity index (χ4n) is 1.07. The number of rotatable bonds is 4. The highest BCUT2D eigenvalue weighted by Crippen LogP contribution is 2.13. The van der Waals surface area contributed by atoms with Crippen molar-refractivity contribution in [3.8, 4) is 0 Å². The number of halogens is 2. The van der Waals surface area contributed by atoms with E-state index in [-0.39, 0.29) is 13.2 Å². The molecule has 0 aliphatic carbocycles. The number of nitrogens with one attached hydrogen (secondary N) is 1. The van der Waals surface area contributed by atoms with E-state index >= 15 is 0 Å². The van der Waals surface area contributed by atoms with Gasteiger partial charge in [0.15, 0.2) is 0 Å². The molecule has 82 valence electrons. The maximum atomic E-state index is 12.5. The van der Waals surface area contributed by atoms with Crippen molar-refractivity contribution in [2.45, 2.75) is 18.1 Å². The molecular formula is C7H11F2NO4. The van der Waals surface area contributed by atoms with Crippen molar-refractivity contribution in [2.75, 3.05) is 19.8 Å². The van der Waals surface area contributed by atoms with Crippen molar-refractivity contribution in [3.63, 3.8) is 0 Å². The topological polar surface area (TPSA) is 78.8 Å². The first-order chi connectivity index (χ1) is 6.43. The third kappa shape index (κ3) is 2.60. The monoisotopic (exact) mass is 211 g/mol. The fourth-order valence-corrected chi connectivity index (χ4v) is 1.07. The summed E-state index contributed by atoms with van der Waals surface area (Å²) in [4.78, 5) is 10.0. The number of aliphatic hydroxyl groups excluding tert-OH is 1. The highest BCUT2D eigenvalue weighted by Gasteiger charge is 2.40. The molecular weight excluding hydrogens is 200 g/mol. The van der Waals surface area contributed by atoms with Crippen LogP contribution in [0.1, 0.15) is 0 Å². The molecule has 1 aliphatic heterocycles. The highest BCUT2D eigenvalue weighted by atomic mass is 19.3. The minimum Gasteiger partial charge on any atom is -0.477 e. The van der Waals surface area contributed by atoms with Crippen molar-refractivity contribution in [1.29, 1.82) is 0 Å². The molecule has 0 amide bonds. The predicted octanol–water partition coefficient (Wildman–Crippen LogP) is -0.944. The van der Waals surface area contributed by atoms with Crippen molar-refractivity contribution < 1.29 is 28.5 Å². The molecule has 0 radical (unpaired) electrons. The van der Waals surface area contributed by atoms with E-state index in [9.17, 15) is 13.6 Å². The van der Waals surface area contributed by atoms with E-state index in [1.807, 2.05) is 0 Å². The molecule has 3 N–H and O–H groups in total. The van der Waals surface area contributed by atoms with Crippen LogP contribution < -0.4 is 5.32 Å². The SMILES string of the molecule is O=C(O)C(F)(F)CNC1COCC1O. The Morgan fingerprint density at radius 3 is 2.64 bits per heavy atom. The van der Waals surface area contributed by atoms with Crippen LogP contribution in [0.5, 0.6) is 0 Å². The summed E-state index contributed by atoms with van der Waals surface area (Å²) < 4.78 is 29.9. The molecule has 1 heterocycles. The first-order valence-corrected chi connectivity index (χ1v) is 4.04. The van der Waals surface area contributed by atoms with Gasteiger partial charge in [0, 0.05) is 0 Å². The van der Waals surface area contributed by atoms with Crippen molar-refractivity contribution in [1.82, 2.24) is 5.32 Å². The Morgan fingerprint density at radius 2 is 2.21 bits per heavy atom. The second kappa shape index (κ2) is 4.16. The van der Waals surface area contributed by atoms with Gasteiger partial charge in [-0.25, -0.2) is 4.79 Å². The summed E-state index contributed by atoms with van der Waals surface area (Å²) in [5.41, 5.74) is 0. The minimum atomic E-state index is -3.82. The Balaban J connectivity index is 2.36. The number of carbonyl (C=O) groups is 1. The van der Waals surface area contributed by atoms with Crippen LogP contribution >= 0.6 is 0 Å². The molecule has 2 atom stereocenters. The summed E-state index contributed by atoms with van der Waals surface area (Å²) in [6.07, 6.45) is -0.861. The van der Waals surface area contributed by atoms with Gasteiger partial charge in [0.25, 0.3) is 0 Å². The lowest BCUT2D eigenvalue weighted by atomic mass is 10.2. The standard InChI is InChI=1S/C7H11F2NO4/c8-7(9,6(12)13)3-10-4-1-14-2-5(4)11/h4-5,10-11H,1-3H2,(H,12,13). The summed E-state index contributed by atoms with van der Waals surface area (Å²) in [5.74, 6) is -6.00. The van der Waals surface area contributed by atoms with Crippen LogP contribution in [0.2, 0.25) is 0 Å². The van der Waals surface area contributed by atoms with Gasteiger partial charge in [-0.2, -0.15) is 8.78 Å². The minimum absolute atomic E-state index is 0.0797. The molecule has 5 nitrogen and oxygen atoms in total. The van der Waals surface area contributed by atoms with Gasteiger partial charge in [0.2, 0.25) is 0 Å². The lowest BCUT2D eigenvalue weighted by Gasteiger charge is -2.17. The van der Waals surface area contributed by atoms with E-state index in [2.05, 4.69) is 5.32 Å². The fraction of sp³-hybridized carbons (Fsp3) is 0.857. The van der Waals surface area contributed by atoms with Gasteiger partial charge in [0.05, 0.1) is 31.9 Å². The molecule has 14 heavy (non-hydrogen) atoms. The van der Waals surface area contributed by atoms with Crippen LogP contribution in [0.15, 0.2) is 0 Å². The molecule has 0 saturated carbocycles. The number of ether oxygens (including phenoxy) is 1. The molecule has 2 unspecified atom stereocenters. The molecule has 1 fully saturated rings. The van der Waals surface area contributed by atoms with E-state index in [4.69, 9.17) is 14.9 Å². The van der Waals surface area contributed by atoms with Gasteiger partial charge >= 0.3 is 11.9 Å². The lowest BCUT2D eigenvalue weighted by Crippen LogP contribution is -2.47. The number of carboxylic acids is 1. The molecule has 0 spiro atoms. The average molecular weight is 211 g/mol. The normalized spacial score (nSPS) is 27.9. The van der Waals surface area contributed by atoms with Crippen LogP contribution in [-0.2, 0) is 9.53 Å². The Bertz CT molecular complexity index is 224. The maximum absolute atomic E-state index is 12.5. The number of aliphatic carboxylic acids is 1. The maximum Gasteiger partial charge on any atom is 0.375 e. The summed E-state index contributed by atoms with van der Waals surface area (Å²) in [6.45, 7) is -0.819. The first-order valence-electron chi connectivity index (χ1n) is 4.04. The van der Waals surface area contributed by atoms with Crippen molar-refractivity contribution >= 4 is 5.97 Å². The number of alkyl halides is 2. The number of carboxylic acid groups (broad SMARTS) is 1. The zero-order chi connectivity index (χ0) is 10.8. The molecule has 0 bridgehead atoms. The molecule has 1 aliphatic rings. The molecule has 0 aromatic carbocycles. The number of hydrogen-bond donors (Lipinski definition) is 3. The zero-order valence-corrected chi connectivity index (χ0v) is 7.24. The number of hydrogen-bond acceptors (Lipinski definition) is 4. The predicted molar refractivity (Wildman–Crippen MR) is 41.2 cm³/mol. The van der Waals surface area contributed by atoms with Gasteiger partial charge in [-0.15, -0.1) is 0 Å². The Morgan fingerprint density at radius 1 is 1.57 bits per heavy atom. The van der Waals surface area contributed by atoms with Gasteiger partial charge in [-0.3, -0.25) is 0 Å². The summed E-state index contributed by atoms with van der Waals surface area (Å²) >= 11 is 0. The van der Waals surface area contributed by atoms with Crippen LogP contribution in [0.25, 0.3) is 0 Å². The lowest BCUT2D eigenvalue weighted by molar-refractivity contribution is -0.164. The Kier molecular flexibility index (Phi) is 3.35. The average Bonchev–Trinajstić information content (AvgIpc) is 2.47. The zero-order valence-electron chi connectivity index (χ0n) is 7.24. The van der Waals surface area contributed by atoms with Gasteiger partial charge < -0.3 is 20.3 Å². The van der Waals surface area contributed by atoms with Gasteiger partial charge in [-0.1, -0.05) is 0 Å². The summed E-state index contributed by atoms with van der Waals surface area (Å²) in [5, 5.41) is 19.5. The van der Waals surface area contributed by atoms with Crippen molar-refractivity contribution in [3.05, 3.63) is 0 Å². The van der Waals surface area contributed by atoms with E-state index in [0.717, 1.165) is 0 Å². The second-order valence-electron chi connectivity index (χ2n) is 3.10. The van der Waals surface area contributed by atoms with E-state index < -0.39 is 30.6 Å². The van der Waals surface area contributed by atoms with Crippen LogP contribution in [0, 0.1) is 0 Å². The van der Waals surface area contributed by atoms with Crippen LogP contribution in [0.3, 0.4) is 0 Å².